The minimum atomic E-state index is -3.43. The van der Waals surface area contributed by atoms with Gasteiger partial charge >= 0.3 is 0 Å². The van der Waals surface area contributed by atoms with Crippen LogP contribution in [0.15, 0.2) is 4.99 Å². The first kappa shape index (κ1) is 19.0. The topological polar surface area (TPSA) is 87.8 Å². The second-order valence-corrected chi connectivity index (χ2v) is 7.55. The predicted octanol–water partition coefficient (Wildman–Crippen LogP) is 0.980. The molecule has 2 fully saturated rings. The smallest absolute Gasteiger partial charge is 0.210 e. The third-order valence-electron chi connectivity index (χ3n) is 4.25. The predicted molar refractivity (Wildman–Crippen MR) is 96.4 cm³/mol. The van der Waals surface area contributed by atoms with Gasteiger partial charge in [-0.1, -0.05) is 12.8 Å². The van der Waals surface area contributed by atoms with Gasteiger partial charge in [-0.15, -0.1) is 24.0 Å². The number of primary sulfonamides is 1. The van der Waals surface area contributed by atoms with Crippen LogP contribution >= 0.6 is 24.0 Å². The van der Waals surface area contributed by atoms with E-state index >= 15 is 0 Å². The largest absolute Gasteiger partial charge is 0.357 e. The molecule has 0 bridgehead atoms. The number of guanidine groups is 1. The molecule has 0 aromatic rings. The first-order valence-corrected chi connectivity index (χ1v) is 9.25. The van der Waals surface area contributed by atoms with Crippen molar-refractivity contribution in [1.29, 1.82) is 0 Å². The Balaban J connectivity index is 0.00000220. The van der Waals surface area contributed by atoms with E-state index < -0.39 is 10.0 Å². The monoisotopic (exact) mass is 430 g/mol. The van der Waals surface area contributed by atoms with Crippen LogP contribution in [0.3, 0.4) is 0 Å². The number of nitrogens with two attached hydrogens (primary N) is 1. The number of hydrogen-bond donors (Lipinski definition) is 2. The highest BCUT2D eigenvalue weighted by Gasteiger charge is 2.35. The van der Waals surface area contributed by atoms with Crippen molar-refractivity contribution in [2.45, 2.75) is 32.6 Å². The summed E-state index contributed by atoms with van der Waals surface area (Å²) in [4.78, 5) is 6.70. The average molecular weight is 430 g/mol. The van der Waals surface area contributed by atoms with Gasteiger partial charge in [0.05, 0.1) is 12.3 Å². The Morgan fingerprint density at radius 3 is 2.33 bits per heavy atom. The molecule has 1 saturated heterocycles. The number of nitrogens with one attached hydrogen (secondary N) is 1. The summed E-state index contributed by atoms with van der Waals surface area (Å²) in [6.45, 7) is 5.14. The van der Waals surface area contributed by atoms with Crippen molar-refractivity contribution < 1.29 is 8.42 Å². The van der Waals surface area contributed by atoms with Crippen molar-refractivity contribution in [1.82, 2.24) is 10.2 Å². The van der Waals surface area contributed by atoms with E-state index in [2.05, 4.69) is 15.2 Å². The molecule has 2 atom stereocenters. The maximum Gasteiger partial charge on any atom is 0.210 e. The van der Waals surface area contributed by atoms with Gasteiger partial charge in [0.1, 0.15) is 0 Å². The molecule has 0 amide bonds. The van der Waals surface area contributed by atoms with Gasteiger partial charge < -0.3 is 10.2 Å². The lowest BCUT2D eigenvalue weighted by Crippen LogP contribution is -2.40. The second-order valence-electron chi connectivity index (χ2n) is 5.81. The Morgan fingerprint density at radius 2 is 1.86 bits per heavy atom. The molecule has 124 valence electrons. The molecule has 1 aliphatic carbocycles. The van der Waals surface area contributed by atoms with Crippen LogP contribution in [0.4, 0.5) is 0 Å². The zero-order valence-electron chi connectivity index (χ0n) is 12.6. The maximum atomic E-state index is 11.0. The van der Waals surface area contributed by atoms with Gasteiger partial charge in [-0.3, -0.25) is 4.99 Å². The van der Waals surface area contributed by atoms with E-state index in [9.17, 15) is 8.42 Å². The van der Waals surface area contributed by atoms with Crippen molar-refractivity contribution >= 4 is 40.0 Å². The Hall–Kier alpha value is -0.0900. The lowest BCUT2D eigenvalue weighted by Gasteiger charge is -2.22. The Labute approximate surface area is 145 Å². The van der Waals surface area contributed by atoms with Crippen LogP contribution < -0.4 is 10.5 Å². The molecule has 0 radical (unpaired) electrons. The van der Waals surface area contributed by atoms with Gasteiger partial charge in [-0.2, -0.15) is 0 Å². The van der Waals surface area contributed by atoms with Crippen LogP contribution in [0, 0.1) is 11.8 Å². The molecule has 2 aliphatic rings. The molecule has 21 heavy (non-hydrogen) atoms. The first-order chi connectivity index (χ1) is 9.49. The standard InChI is InChI=1S/C13H26N4O2S.HI/c1-2-15-13(16-7-8-20(14,18)19)17-9-11-5-3-4-6-12(11)10-17;/h11-12H,2-10H2,1H3,(H,15,16)(H2,14,18,19);1H. The van der Waals surface area contributed by atoms with Crippen molar-refractivity contribution in [3.8, 4) is 0 Å². The SMILES string of the molecule is CCNC(=NCCS(N)(=O)=O)N1CC2CCCCC2C1.I. The summed E-state index contributed by atoms with van der Waals surface area (Å²) in [5, 5.41) is 8.27. The summed E-state index contributed by atoms with van der Waals surface area (Å²) in [6.07, 6.45) is 5.32. The Morgan fingerprint density at radius 1 is 1.29 bits per heavy atom. The number of likely N-dealkylation sites (tertiary alicyclic amines) is 1. The van der Waals surface area contributed by atoms with Crippen LogP contribution in [0.5, 0.6) is 0 Å². The van der Waals surface area contributed by atoms with Crippen molar-refractivity contribution in [2.24, 2.45) is 22.0 Å². The van der Waals surface area contributed by atoms with Crippen molar-refractivity contribution in [2.75, 3.05) is 31.9 Å². The number of halogens is 1. The van der Waals surface area contributed by atoms with Crippen molar-refractivity contribution in [3.63, 3.8) is 0 Å². The number of sulfonamides is 1. The molecule has 1 aliphatic heterocycles. The molecule has 1 heterocycles. The van der Waals surface area contributed by atoms with E-state index in [1.54, 1.807) is 0 Å². The summed E-state index contributed by atoms with van der Waals surface area (Å²) in [7, 11) is -3.43. The lowest BCUT2D eigenvalue weighted by atomic mass is 9.82. The fraction of sp³-hybridized carbons (Fsp3) is 0.923. The number of rotatable bonds is 4. The van der Waals surface area contributed by atoms with Crippen molar-refractivity contribution in [3.05, 3.63) is 0 Å². The molecule has 3 N–H and O–H groups in total. The van der Waals surface area contributed by atoms with E-state index in [1.807, 2.05) is 6.92 Å². The van der Waals surface area contributed by atoms with Gasteiger partial charge in [0, 0.05) is 19.6 Å². The van der Waals surface area contributed by atoms with Gasteiger partial charge in [0.2, 0.25) is 10.0 Å². The molecule has 8 heteroatoms. The average Bonchev–Trinajstić information content (AvgIpc) is 2.80. The van der Waals surface area contributed by atoms with E-state index in [0.29, 0.717) is 0 Å². The fourth-order valence-electron chi connectivity index (χ4n) is 3.28. The summed E-state index contributed by atoms with van der Waals surface area (Å²) in [6, 6.07) is 0. The number of hydrogen-bond acceptors (Lipinski definition) is 3. The van der Waals surface area contributed by atoms with Gasteiger partial charge in [-0.05, 0) is 31.6 Å². The van der Waals surface area contributed by atoms with Gasteiger partial charge in [0.25, 0.3) is 0 Å². The third-order valence-corrected chi connectivity index (χ3v) is 5.00. The number of nitrogens with zero attached hydrogens (tertiary/aromatic N) is 2. The molecule has 0 aromatic heterocycles. The van der Waals surface area contributed by atoms with Gasteiger partial charge in [-0.25, -0.2) is 13.6 Å². The summed E-state index contributed by atoms with van der Waals surface area (Å²) < 4.78 is 21.9. The van der Waals surface area contributed by atoms with Gasteiger partial charge in [0.15, 0.2) is 5.96 Å². The van der Waals surface area contributed by atoms with E-state index in [4.69, 9.17) is 5.14 Å². The minimum Gasteiger partial charge on any atom is -0.357 e. The zero-order valence-corrected chi connectivity index (χ0v) is 15.8. The Bertz CT molecular complexity index is 441. The summed E-state index contributed by atoms with van der Waals surface area (Å²) in [5.74, 6) is 2.31. The van der Waals surface area contributed by atoms with Crippen LogP contribution in [0.25, 0.3) is 0 Å². The summed E-state index contributed by atoms with van der Waals surface area (Å²) >= 11 is 0. The first-order valence-electron chi connectivity index (χ1n) is 7.53. The van der Waals surface area contributed by atoms with E-state index in [1.165, 1.54) is 25.7 Å². The molecule has 2 rings (SSSR count). The highest BCUT2D eigenvalue weighted by Crippen LogP contribution is 2.35. The third kappa shape index (κ3) is 5.90. The van der Waals surface area contributed by atoms with Crippen LogP contribution in [0.2, 0.25) is 0 Å². The molecular formula is C13H27IN4O2S. The molecule has 0 spiro atoms. The maximum absolute atomic E-state index is 11.0. The lowest BCUT2D eigenvalue weighted by molar-refractivity contribution is 0.299. The summed E-state index contributed by atoms with van der Waals surface area (Å²) in [5.41, 5.74) is 0. The van der Waals surface area contributed by atoms with Crippen LogP contribution in [-0.4, -0.2) is 51.2 Å². The highest BCUT2D eigenvalue weighted by molar-refractivity contribution is 14.0. The minimum absolute atomic E-state index is 0. The zero-order chi connectivity index (χ0) is 14.6. The molecule has 1 saturated carbocycles. The number of fused-ring (bicyclic) bond motifs is 1. The number of aliphatic imine (C=N–C) groups is 1. The van der Waals surface area contributed by atoms with Crippen LogP contribution in [0.1, 0.15) is 32.6 Å². The quantitative estimate of drug-likeness (QED) is 0.396. The molecular weight excluding hydrogens is 403 g/mol. The molecule has 0 aromatic carbocycles. The molecule has 6 nitrogen and oxygen atoms in total. The molecule has 2 unspecified atom stereocenters. The fourth-order valence-corrected chi connectivity index (χ4v) is 3.63. The highest BCUT2D eigenvalue weighted by atomic mass is 127. The van der Waals surface area contributed by atoms with Crippen LogP contribution in [-0.2, 0) is 10.0 Å². The second kappa shape index (κ2) is 8.52. The normalized spacial score (nSPS) is 26.2. The Kier molecular flexibility index (Phi) is 7.69. The van der Waals surface area contributed by atoms with E-state index in [0.717, 1.165) is 37.4 Å². The van der Waals surface area contributed by atoms with E-state index in [-0.39, 0.29) is 36.3 Å².